The Labute approximate surface area is 152 Å². The molecule has 0 bridgehead atoms. The van der Waals surface area contributed by atoms with Gasteiger partial charge in [-0.2, -0.15) is 0 Å². The second-order valence-corrected chi connectivity index (χ2v) is 6.49. The number of rotatable bonds is 5. The van der Waals surface area contributed by atoms with Crippen LogP contribution in [0.25, 0.3) is 6.08 Å². The zero-order chi connectivity index (χ0) is 17.8. The molecule has 1 aromatic carbocycles. The van der Waals surface area contributed by atoms with Crippen molar-refractivity contribution in [1.82, 2.24) is 5.01 Å². The highest BCUT2D eigenvalue weighted by Gasteiger charge is 2.32. The van der Waals surface area contributed by atoms with Crippen molar-refractivity contribution >= 4 is 51.9 Å². The molecule has 1 aliphatic heterocycles. The topological polar surface area (TPSA) is 88.6 Å². The van der Waals surface area contributed by atoms with Gasteiger partial charge in [0.15, 0.2) is 4.32 Å². The summed E-state index contributed by atoms with van der Waals surface area (Å²) in [6, 6.07) is 12.0. The van der Waals surface area contributed by atoms with Gasteiger partial charge in [0, 0.05) is 0 Å². The van der Waals surface area contributed by atoms with Crippen LogP contribution < -0.4 is 5.43 Å². The predicted molar refractivity (Wildman–Crippen MR) is 99.6 cm³/mol. The van der Waals surface area contributed by atoms with Gasteiger partial charge < -0.3 is 4.42 Å². The smallest absolute Gasteiger partial charge is 0.401 e. The summed E-state index contributed by atoms with van der Waals surface area (Å²) in [6.45, 7) is 0. The molecule has 1 fully saturated rings. The summed E-state index contributed by atoms with van der Waals surface area (Å²) in [7, 11) is 0. The second-order valence-electron chi connectivity index (χ2n) is 4.81. The molecule has 0 unspecified atom stereocenters. The van der Waals surface area contributed by atoms with Crippen LogP contribution in [0.1, 0.15) is 5.76 Å². The van der Waals surface area contributed by atoms with E-state index in [1.54, 1.807) is 12.2 Å². The van der Waals surface area contributed by atoms with Gasteiger partial charge in [0.25, 0.3) is 5.91 Å². The van der Waals surface area contributed by atoms with Gasteiger partial charge in [-0.25, -0.2) is 5.01 Å². The Bertz CT molecular complexity index is 890. The molecule has 1 aromatic heterocycles. The second kappa shape index (κ2) is 7.32. The standard InChI is InChI=1S/C16H11N3O4S2/c20-15-13(8-4-7-12-9-10-14(23-12)19(21)22)25-16(24)18(15)17-11-5-2-1-3-6-11/h1-10,17H/b7-4+,13-8+. The first-order chi connectivity index (χ1) is 12.0. The van der Waals surface area contributed by atoms with Crippen molar-refractivity contribution in [2.24, 2.45) is 0 Å². The van der Waals surface area contributed by atoms with Crippen molar-refractivity contribution in [3.63, 3.8) is 0 Å². The number of furan rings is 1. The van der Waals surface area contributed by atoms with Crippen LogP contribution in [-0.4, -0.2) is 20.2 Å². The van der Waals surface area contributed by atoms with Crippen LogP contribution >= 0.6 is 24.0 Å². The minimum absolute atomic E-state index is 0.270. The van der Waals surface area contributed by atoms with Crippen molar-refractivity contribution in [1.29, 1.82) is 0 Å². The third kappa shape index (κ3) is 3.95. The first-order valence-corrected chi connectivity index (χ1v) is 8.27. The average molecular weight is 373 g/mol. The van der Waals surface area contributed by atoms with Crippen LogP contribution in [0.3, 0.4) is 0 Å². The normalized spacial score (nSPS) is 16.2. The molecule has 1 amide bonds. The number of anilines is 1. The summed E-state index contributed by atoms with van der Waals surface area (Å²) in [5.41, 5.74) is 3.71. The van der Waals surface area contributed by atoms with Gasteiger partial charge in [-0.15, -0.1) is 0 Å². The number of para-hydroxylation sites is 1. The minimum Gasteiger partial charge on any atom is -0.401 e. The number of benzene rings is 1. The molecule has 0 radical (unpaired) electrons. The monoisotopic (exact) mass is 373 g/mol. The number of hydrazine groups is 1. The number of thioether (sulfide) groups is 1. The zero-order valence-electron chi connectivity index (χ0n) is 12.6. The molecule has 0 saturated carbocycles. The number of hydrogen-bond donors (Lipinski definition) is 1. The predicted octanol–water partition coefficient (Wildman–Crippen LogP) is 3.97. The summed E-state index contributed by atoms with van der Waals surface area (Å²) in [5, 5.41) is 11.9. The van der Waals surface area contributed by atoms with E-state index in [9.17, 15) is 14.9 Å². The number of thiocarbonyl (C=S) groups is 1. The maximum Gasteiger partial charge on any atom is 0.433 e. The Morgan fingerprint density at radius 3 is 2.68 bits per heavy atom. The molecule has 9 heteroatoms. The third-order valence-electron chi connectivity index (χ3n) is 3.11. The van der Waals surface area contributed by atoms with Gasteiger partial charge in [-0.3, -0.25) is 20.3 Å². The Kier molecular flexibility index (Phi) is 4.96. The summed E-state index contributed by atoms with van der Waals surface area (Å²) in [6.07, 6.45) is 4.70. The van der Waals surface area contributed by atoms with E-state index >= 15 is 0 Å². The molecular weight excluding hydrogens is 362 g/mol. The number of carbonyl (C=O) groups is 1. The number of amides is 1. The highest BCUT2D eigenvalue weighted by Crippen LogP contribution is 2.31. The summed E-state index contributed by atoms with van der Waals surface area (Å²) in [4.78, 5) is 22.8. The Morgan fingerprint density at radius 2 is 2.00 bits per heavy atom. The van der Waals surface area contributed by atoms with Gasteiger partial charge in [-0.05, 0) is 42.6 Å². The lowest BCUT2D eigenvalue weighted by molar-refractivity contribution is -0.402. The molecule has 0 atom stereocenters. The molecule has 7 nitrogen and oxygen atoms in total. The average Bonchev–Trinajstić information content (AvgIpc) is 3.17. The van der Waals surface area contributed by atoms with Gasteiger partial charge in [0.05, 0.1) is 16.7 Å². The van der Waals surface area contributed by atoms with Crippen molar-refractivity contribution < 1.29 is 14.1 Å². The van der Waals surface area contributed by atoms with Gasteiger partial charge in [0.1, 0.15) is 10.7 Å². The van der Waals surface area contributed by atoms with E-state index in [0.29, 0.717) is 15.0 Å². The molecule has 0 aliphatic carbocycles. The Balaban J connectivity index is 1.69. The fraction of sp³-hybridized carbons (Fsp3) is 0. The lowest BCUT2D eigenvalue weighted by atomic mass is 10.3. The summed E-state index contributed by atoms with van der Waals surface area (Å²) >= 11 is 6.38. The quantitative estimate of drug-likeness (QED) is 0.367. The largest absolute Gasteiger partial charge is 0.433 e. The van der Waals surface area contributed by atoms with Crippen LogP contribution in [0.15, 0.2) is 63.9 Å². The molecule has 1 aliphatic rings. The van der Waals surface area contributed by atoms with Crippen LogP contribution in [0.4, 0.5) is 11.6 Å². The van der Waals surface area contributed by atoms with Crippen molar-refractivity contribution in [2.45, 2.75) is 0 Å². The van der Waals surface area contributed by atoms with E-state index in [1.807, 2.05) is 30.3 Å². The van der Waals surface area contributed by atoms with E-state index in [4.69, 9.17) is 16.6 Å². The fourth-order valence-electron chi connectivity index (χ4n) is 1.98. The molecule has 3 rings (SSSR count). The first-order valence-electron chi connectivity index (χ1n) is 7.05. The molecule has 1 N–H and O–H groups in total. The minimum atomic E-state index is -0.613. The lowest BCUT2D eigenvalue weighted by Gasteiger charge is -2.16. The molecule has 1 saturated heterocycles. The van der Waals surface area contributed by atoms with Crippen molar-refractivity contribution in [3.05, 3.63) is 75.4 Å². The number of hydrogen-bond acceptors (Lipinski definition) is 7. The van der Waals surface area contributed by atoms with Crippen LogP contribution in [0.2, 0.25) is 0 Å². The maximum atomic E-state index is 12.4. The number of allylic oxidation sites excluding steroid dienone is 2. The van der Waals surface area contributed by atoms with E-state index in [0.717, 1.165) is 17.4 Å². The fourth-order valence-corrected chi connectivity index (χ4v) is 3.11. The molecular formula is C16H11N3O4S2. The molecule has 0 spiro atoms. The summed E-state index contributed by atoms with van der Waals surface area (Å²) in [5.74, 6) is -0.284. The maximum absolute atomic E-state index is 12.4. The van der Waals surface area contributed by atoms with Crippen LogP contribution in [0, 0.1) is 10.1 Å². The highest BCUT2D eigenvalue weighted by molar-refractivity contribution is 8.26. The van der Waals surface area contributed by atoms with E-state index < -0.39 is 4.92 Å². The molecule has 126 valence electrons. The number of nitro groups is 1. The van der Waals surface area contributed by atoms with Crippen molar-refractivity contribution in [2.75, 3.05) is 5.43 Å². The SMILES string of the molecule is O=C1/C(=C\C=C\c2ccc([N+](=O)[O-])o2)SC(=S)N1Nc1ccccc1. The van der Waals surface area contributed by atoms with Crippen LogP contribution in [0.5, 0.6) is 0 Å². The molecule has 2 heterocycles. The highest BCUT2D eigenvalue weighted by atomic mass is 32.2. The number of nitrogens with one attached hydrogen (secondary N) is 1. The van der Waals surface area contributed by atoms with Gasteiger partial charge in [-0.1, -0.05) is 36.0 Å². The molecule has 2 aromatic rings. The number of nitrogens with zero attached hydrogens (tertiary/aromatic N) is 2. The van der Waals surface area contributed by atoms with Gasteiger partial charge >= 0.3 is 5.88 Å². The van der Waals surface area contributed by atoms with E-state index in [2.05, 4.69) is 5.43 Å². The lowest BCUT2D eigenvalue weighted by Crippen LogP contribution is -2.33. The Hall–Kier alpha value is -2.91. The Morgan fingerprint density at radius 1 is 1.24 bits per heavy atom. The third-order valence-corrected chi connectivity index (χ3v) is 4.43. The van der Waals surface area contributed by atoms with Gasteiger partial charge in [0.2, 0.25) is 0 Å². The van der Waals surface area contributed by atoms with Crippen LogP contribution in [-0.2, 0) is 4.79 Å². The zero-order valence-corrected chi connectivity index (χ0v) is 14.3. The molecule has 25 heavy (non-hydrogen) atoms. The van der Waals surface area contributed by atoms with Crippen molar-refractivity contribution in [3.8, 4) is 0 Å². The van der Waals surface area contributed by atoms with E-state index in [1.165, 1.54) is 23.2 Å². The first kappa shape index (κ1) is 16.9. The van der Waals surface area contributed by atoms with E-state index in [-0.39, 0.29) is 11.8 Å². The number of carbonyl (C=O) groups excluding carboxylic acids is 1. The summed E-state index contributed by atoms with van der Waals surface area (Å²) < 4.78 is 5.39.